The first-order valence-corrected chi connectivity index (χ1v) is 8.98. The van der Waals surface area contributed by atoms with Gasteiger partial charge in [-0.25, -0.2) is 0 Å². The molecule has 0 bridgehead atoms. The van der Waals surface area contributed by atoms with Gasteiger partial charge in [0.05, 0.1) is 0 Å². The molecule has 0 aromatic heterocycles. The summed E-state index contributed by atoms with van der Waals surface area (Å²) in [4.78, 5) is 0. The quantitative estimate of drug-likeness (QED) is 0.725. The fourth-order valence-corrected chi connectivity index (χ4v) is 5.07. The van der Waals surface area contributed by atoms with E-state index in [1.165, 1.54) is 12.8 Å². The Kier molecular flexibility index (Phi) is 4.87. The van der Waals surface area contributed by atoms with Crippen LogP contribution in [0.3, 0.4) is 0 Å². The maximum Gasteiger partial charge on any atom is 0.280 e. The van der Waals surface area contributed by atoms with Gasteiger partial charge in [-0.05, 0) is 25.7 Å². The number of hydrogen-bond donors (Lipinski definition) is 2. The van der Waals surface area contributed by atoms with Crippen LogP contribution in [0.4, 0.5) is 0 Å². The van der Waals surface area contributed by atoms with Crippen LogP contribution in [0.1, 0.15) is 58.3 Å². The lowest BCUT2D eigenvalue weighted by Crippen LogP contribution is -2.59. The van der Waals surface area contributed by atoms with Gasteiger partial charge in [0.2, 0.25) is 0 Å². The highest BCUT2D eigenvalue weighted by Gasteiger charge is 2.43. The maximum absolute atomic E-state index is 12.5. The van der Waals surface area contributed by atoms with Crippen LogP contribution in [0.15, 0.2) is 0 Å². The van der Waals surface area contributed by atoms with E-state index in [1.54, 1.807) is 4.31 Å². The Morgan fingerprint density at radius 1 is 1.21 bits per heavy atom. The van der Waals surface area contributed by atoms with Gasteiger partial charge < -0.3 is 5.73 Å². The van der Waals surface area contributed by atoms with Crippen molar-refractivity contribution in [3.05, 3.63) is 0 Å². The number of rotatable bonds is 6. The Balaban J connectivity index is 2.20. The largest absolute Gasteiger partial charge is 0.329 e. The fraction of sp³-hybridized carbons (Fsp3) is 1.00. The van der Waals surface area contributed by atoms with Crippen LogP contribution in [-0.2, 0) is 10.2 Å². The highest BCUT2D eigenvalue weighted by atomic mass is 32.2. The lowest BCUT2D eigenvalue weighted by atomic mass is 9.90. The van der Waals surface area contributed by atoms with E-state index in [0.29, 0.717) is 13.1 Å². The monoisotopic (exact) mass is 289 g/mol. The van der Waals surface area contributed by atoms with Crippen LogP contribution in [-0.4, -0.2) is 37.4 Å². The summed E-state index contributed by atoms with van der Waals surface area (Å²) in [7, 11) is -3.39. The van der Waals surface area contributed by atoms with E-state index in [1.807, 2.05) is 6.92 Å². The molecule has 0 aromatic rings. The molecule has 0 amide bonds. The molecule has 0 aromatic carbocycles. The van der Waals surface area contributed by atoms with Gasteiger partial charge in [-0.15, -0.1) is 0 Å². The molecule has 112 valence electrons. The Labute approximate surface area is 117 Å². The van der Waals surface area contributed by atoms with Gasteiger partial charge in [-0.1, -0.05) is 32.6 Å². The third-order valence-electron chi connectivity index (χ3n) is 4.41. The molecule has 3 N–H and O–H groups in total. The molecule has 19 heavy (non-hydrogen) atoms. The molecule has 2 rings (SSSR count). The molecule has 0 heterocycles. The molecule has 2 fully saturated rings. The molecule has 2 aliphatic carbocycles. The molecule has 0 atom stereocenters. The molecule has 5 nitrogen and oxygen atoms in total. The lowest BCUT2D eigenvalue weighted by Gasteiger charge is -2.41. The zero-order valence-corrected chi connectivity index (χ0v) is 12.7. The second-order valence-electron chi connectivity index (χ2n) is 5.90. The summed E-state index contributed by atoms with van der Waals surface area (Å²) < 4.78 is 29.5. The summed E-state index contributed by atoms with van der Waals surface area (Å²) in [6.45, 7) is 2.83. The Bertz CT molecular complexity index is 385. The number of likely N-dealkylation sites (N-methyl/N-ethyl adjacent to an activating group) is 1. The standard InChI is InChI=1S/C13H27N3O2S/c1-2-16(19(17,18)15-12-7-8-12)13(11-14)9-5-3-4-6-10-13/h12,15H,2-11,14H2,1H3. The van der Waals surface area contributed by atoms with E-state index in [9.17, 15) is 8.42 Å². The second kappa shape index (κ2) is 6.08. The minimum Gasteiger partial charge on any atom is -0.329 e. The Morgan fingerprint density at radius 3 is 2.21 bits per heavy atom. The molecule has 6 heteroatoms. The highest BCUT2D eigenvalue weighted by molar-refractivity contribution is 7.87. The van der Waals surface area contributed by atoms with Crippen molar-refractivity contribution in [2.24, 2.45) is 5.73 Å². The zero-order chi connectivity index (χ0) is 13.9. The topological polar surface area (TPSA) is 75.4 Å². The predicted molar refractivity (Wildman–Crippen MR) is 76.9 cm³/mol. The van der Waals surface area contributed by atoms with Crippen molar-refractivity contribution in [1.82, 2.24) is 9.03 Å². The van der Waals surface area contributed by atoms with Gasteiger partial charge in [0.1, 0.15) is 0 Å². The van der Waals surface area contributed by atoms with E-state index >= 15 is 0 Å². The highest BCUT2D eigenvalue weighted by Crippen LogP contribution is 2.34. The number of nitrogens with two attached hydrogens (primary N) is 1. The average Bonchev–Trinajstić information content (AvgIpc) is 3.17. The van der Waals surface area contributed by atoms with E-state index < -0.39 is 10.2 Å². The molecule has 0 spiro atoms. The van der Waals surface area contributed by atoms with Crippen molar-refractivity contribution in [3.63, 3.8) is 0 Å². The number of hydrogen-bond acceptors (Lipinski definition) is 3. The minimum absolute atomic E-state index is 0.152. The first-order chi connectivity index (χ1) is 9.04. The molecule has 0 aliphatic heterocycles. The smallest absolute Gasteiger partial charge is 0.280 e. The molecule has 0 saturated heterocycles. The summed E-state index contributed by atoms with van der Waals surface area (Å²) in [5.74, 6) is 0. The predicted octanol–water partition coefficient (Wildman–Crippen LogP) is 1.36. The Morgan fingerprint density at radius 2 is 1.79 bits per heavy atom. The van der Waals surface area contributed by atoms with Crippen molar-refractivity contribution < 1.29 is 8.42 Å². The van der Waals surface area contributed by atoms with Crippen molar-refractivity contribution in [2.45, 2.75) is 69.9 Å². The van der Waals surface area contributed by atoms with Gasteiger partial charge in [0.25, 0.3) is 10.2 Å². The SMILES string of the molecule is CCN(C1(CN)CCCCCC1)S(=O)(=O)NC1CC1. The fourth-order valence-electron chi connectivity index (χ4n) is 3.18. The third kappa shape index (κ3) is 3.48. The zero-order valence-electron chi connectivity index (χ0n) is 11.9. The average molecular weight is 289 g/mol. The minimum atomic E-state index is -3.39. The molecule has 2 aliphatic rings. The van der Waals surface area contributed by atoms with E-state index in [2.05, 4.69) is 4.72 Å². The van der Waals surface area contributed by atoms with Crippen molar-refractivity contribution >= 4 is 10.2 Å². The lowest BCUT2D eigenvalue weighted by molar-refractivity contribution is 0.171. The second-order valence-corrected chi connectivity index (χ2v) is 7.53. The molecular weight excluding hydrogens is 262 g/mol. The van der Waals surface area contributed by atoms with Crippen LogP contribution in [0.2, 0.25) is 0 Å². The van der Waals surface area contributed by atoms with E-state index in [4.69, 9.17) is 5.73 Å². The van der Waals surface area contributed by atoms with Gasteiger partial charge in [-0.3, -0.25) is 0 Å². The van der Waals surface area contributed by atoms with Gasteiger partial charge in [-0.2, -0.15) is 17.4 Å². The third-order valence-corrected chi connectivity index (χ3v) is 6.27. The van der Waals surface area contributed by atoms with Crippen LogP contribution in [0.5, 0.6) is 0 Å². The van der Waals surface area contributed by atoms with Crippen molar-refractivity contribution in [3.8, 4) is 0 Å². The molecule has 0 unspecified atom stereocenters. The van der Waals surface area contributed by atoms with E-state index in [-0.39, 0.29) is 11.6 Å². The summed E-state index contributed by atoms with van der Waals surface area (Å²) >= 11 is 0. The first-order valence-electron chi connectivity index (χ1n) is 7.54. The summed E-state index contributed by atoms with van der Waals surface area (Å²) in [5, 5.41) is 0. The summed E-state index contributed by atoms with van der Waals surface area (Å²) in [6, 6.07) is 0.152. The Hall–Kier alpha value is -0.170. The van der Waals surface area contributed by atoms with Gasteiger partial charge in [0.15, 0.2) is 0 Å². The van der Waals surface area contributed by atoms with Crippen LogP contribution < -0.4 is 10.5 Å². The van der Waals surface area contributed by atoms with Crippen LogP contribution >= 0.6 is 0 Å². The number of nitrogens with one attached hydrogen (secondary N) is 1. The first kappa shape index (κ1) is 15.2. The van der Waals surface area contributed by atoms with Crippen molar-refractivity contribution in [1.29, 1.82) is 0 Å². The maximum atomic E-state index is 12.5. The molecular formula is C13H27N3O2S. The van der Waals surface area contributed by atoms with Gasteiger partial charge in [0, 0.05) is 24.7 Å². The molecule has 2 saturated carbocycles. The summed E-state index contributed by atoms with van der Waals surface area (Å²) in [6.07, 6.45) is 8.24. The molecule has 0 radical (unpaired) electrons. The van der Waals surface area contributed by atoms with Crippen LogP contribution in [0.25, 0.3) is 0 Å². The normalized spacial score (nSPS) is 24.4. The van der Waals surface area contributed by atoms with E-state index in [0.717, 1.165) is 38.5 Å². The summed E-state index contributed by atoms with van der Waals surface area (Å²) in [5.41, 5.74) is 5.62. The van der Waals surface area contributed by atoms with Crippen molar-refractivity contribution in [2.75, 3.05) is 13.1 Å². The number of nitrogens with zero attached hydrogens (tertiary/aromatic N) is 1. The van der Waals surface area contributed by atoms with Gasteiger partial charge >= 0.3 is 0 Å². The van der Waals surface area contributed by atoms with Crippen LogP contribution in [0, 0.1) is 0 Å².